The Morgan fingerprint density at radius 2 is 2.33 bits per heavy atom. The number of amides is 1. The first-order chi connectivity index (χ1) is 7.09. The Morgan fingerprint density at radius 1 is 1.60 bits per heavy atom. The van der Waals surface area contributed by atoms with Gasteiger partial charge in [-0.1, -0.05) is 12.1 Å². The topological polar surface area (TPSA) is 72.6 Å². The monoisotopic (exact) mass is 209 g/mol. The first-order valence-electron chi connectivity index (χ1n) is 4.78. The van der Waals surface area contributed by atoms with Crippen LogP contribution in [0.5, 0.6) is 5.75 Å². The molecular weight excluding hydrogens is 194 g/mol. The predicted octanol–water partition coefficient (Wildman–Crippen LogP) is 0.994. The normalized spacial score (nSPS) is 12.1. The van der Waals surface area contributed by atoms with Crippen LogP contribution >= 0.6 is 0 Å². The summed E-state index contributed by atoms with van der Waals surface area (Å²) >= 11 is 0. The number of aliphatic hydroxyl groups is 1. The Bertz CT molecular complexity index is 336. The zero-order chi connectivity index (χ0) is 11.3. The highest BCUT2D eigenvalue weighted by Gasteiger charge is 2.02. The van der Waals surface area contributed by atoms with Crippen molar-refractivity contribution in [2.45, 2.75) is 19.4 Å². The summed E-state index contributed by atoms with van der Waals surface area (Å²) in [5.41, 5.74) is 5.76. The van der Waals surface area contributed by atoms with Gasteiger partial charge in [0, 0.05) is 0 Å². The van der Waals surface area contributed by atoms with E-state index >= 15 is 0 Å². The minimum Gasteiger partial charge on any atom is -0.493 e. The molecule has 15 heavy (non-hydrogen) atoms. The molecule has 4 heteroatoms. The van der Waals surface area contributed by atoms with E-state index in [1.807, 2.05) is 6.07 Å². The third kappa shape index (κ3) is 3.99. The molecule has 3 N–H and O–H groups in total. The molecule has 0 bridgehead atoms. The van der Waals surface area contributed by atoms with Gasteiger partial charge in [0.2, 0.25) is 5.91 Å². The summed E-state index contributed by atoms with van der Waals surface area (Å²) in [7, 11) is 0. The fourth-order valence-corrected chi connectivity index (χ4v) is 1.13. The molecule has 0 aliphatic heterocycles. The van der Waals surface area contributed by atoms with Crippen LogP contribution in [0.4, 0.5) is 0 Å². The van der Waals surface area contributed by atoms with Crippen LogP contribution in [0.15, 0.2) is 24.3 Å². The molecule has 0 aromatic heterocycles. The van der Waals surface area contributed by atoms with Gasteiger partial charge in [0.15, 0.2) is 0 Å². The van der Waals surface area contributed by atoms with Crippen LogP contribution in [0, 0.1) is 0 Å². The smallest absolute Gasteiger partial charge is 0.220 e. The summed E-state index contributed by atoms with van der Waals surface area (Å²) in [6.07, 6.45) is -0.330. The van der Waals surface area contributed by atoms with Gasteiger partial charge in [-0.3, -0.25) is 4.79 Å². The van der Waals surface area contributed by atoms with Crippen molar-refractivity contribution in [1.82, 2.24) is 0 Å². The van der Waals surface area contributed by atoms with Crippen molar-refractivity contribution in [3.05, 3.63) is 29.8 Å². The SMILES string of the molecule is C[C@H](O)c1cccc(OCCC(N)=O)c1. The first-order valence-corrected chi connectivity index (χ1v) is 4.78. The molecule has 1 amide bonds. The molecule has 0 aliphatic rings. The van der Waals surface area contributed by atoms with E-state index in [2.05, 4.69) is 0 Å². The van der Waals surface area contributed by atoms with Crippen LogP contribution in [0.3, 0.4) is 0 Å². The highest BCUT2D eigenvalue weighted by atomic mass is 16.5. The standard InChI is InChI=1S/C11H15NO3/c1-8(13)9-3-2-4-10(7-9)15-6-5-11(12)14/h2-4,7-8,13H,5-6H2,1H3,(H2,12,14)/t8-/m0/s1. The van der Waals surface area contributed by atoms with E-state index in [0.29, 0.717) is 5.75 Å². The quantitative estimate of drug-likeness (QED) is 0.759. The second-order valence-electron chi connectivity index (χ2n) is 3.31. The third-order valence-electron chi connectivity index (χ3n) is 1.96. The maximum Gasteiger partial charge on any atom is 0.220 e. The maximum absolute atomic E-state index is 10.5. The van der Waals surface area contributed by atoms with Gasteiger partial charge in [-0.15, -0.1) is 0 Å². The summed E-state index contributed by atoms with van der Waals surface area (Å²) in [6.45, 7) is 1.95. The Kier molecular flexibility index (Phi) is 4.12. The van der Waals surface area contributed by atoms with E-state index in [1.165, 1.54) is 0 Å². The molecule has 0 unspecified atom stereocenters. The average Bonchev–Trinajstić information content (AvgIpc) is 2.17. The molecule has 1 rings (SSSR count). The van der Waals surface area contributed by atoms with Crippen LogP contribution in [0.2, 0.25) is 0 Å². The van der Waals surface area contributed by atoms with Gasteiger partial charge >= 0.3 is 0 Å². The summed E-state index contributed by atoms with van der Waals surface area (Å²) in [4.78, 5) is 10.5. The highest BCUT2D eigenvalue weighted by molar-refractivity contribution is 5.73. The predicted molar refractivity (Wildman–Crippen MR) is 56.4 cm³/mol. The van der Waals surface area contributed by atoms with Gasteiger partial charge in [0.1, 0.15) is 5.75 Å². The number of carbonyl (C=O) groups is 1. The Hall–Kier alpha value is -1.55. The number of carbonyl (C=O) groups excluding carboxylic acids is 1. The molecule has 0 heterocycles. The molecular formula is C11H15NO3. The molecule has 0 spiro atoms. The molecule has 82 valence electrons. The van der Waals surface area contributed by atoms with Crippen molar-refractivity contribution in [1.29, 1.82) is 0 Å². The fraction of sp³-hybridized carbons (Fsp3) is 0.364. The fourth-order valence-electron chi connectivity index (χ4n) is 1.13. The minimum absolute atomic E-state index is 0.193. The second-order valence-corrected chi connectivity index (χ2v) is 3.31. The highest BCUT2D eigenvalue weighted by Crippen LogP contribution is 2.18. The zero-order valence-corrected chi connectivity index (χ0v) is 8.64. The van der Waals surface area contributed by atoms with Crippen LogP contribution in [-0.2, 0) is 4.79 Å². The van der Waals surface area contributed by atoms with Gasteiger partial charge in [0.05, 0.1) is 19.1 Å². The lowest BCUT2D eigenvalue weighted by Crippen LogP contribution is -2.14. The number of benzene rings is 1. The number of hydrogen-bond acceptors (Lipinski definition) is 3. The van der Waals surface area contributed by atoms with Gasteiger partial charge in [-0.2, -0.15) is 0 Å². The van der Waals surface area contributed by atoms with Crippen LogP contribution in [0.1, 0.15) is 25.0 Å². The third-order valence-corrected chi connectivity index (χ3v) is 1.96. The van der Waals surface area contributed by atoms with Crippen molar-refractivity contribution in [3.63, 3.8) is 0 Å². The summed E-state index contributed by atoms with van der Waals surface area (Å²) in [5.74, 6) is 0.247. The van der Waals surface area contributed by atoms with E-state index in [1.54, 1.807) is 25.1 Å². The molecule has 0 saturated carbocycles. The van der Waals surface area contributed by atoms with Gasteiger partial charge in [0.25, 0.3) is 0 Å². The van der Waals surface area contributed by atoms with Gasteiger partial charge in [-0.25, -0.2) is 0 Å². The van der Waals surface area contributed by atoms with Crippen molar-refractivity contribution in [3.8, 4) is 5.75 Å². The molecule has 4 nitrogen and oxygen atoms in total. The number of primary amides is 1. The number of nitrogens with two attached hydrogens (primary N) is 1. The molecule has 0 fully saturated rings. The van der Waals surface area contributed by atoms with E-state index < -0.39 is 6.10 Å². The lowest BCUT2D eigenvalue weighted by atomic mass is 10.1. The number of ether oxygens (including phenoxy) is 1. The Balaban J connectivity index is 2.54. The van der Waals surface area contributed by atoms with Gasteiger partial charge < -0.3 is 15.6 Å². The summed E-state index contributed by atoms with van der Waals surface area (Å²) in [5, 5.41) is 9.33. The zero-order valence-electron chi connectivity index (χ0n) is 8.64. The average molecular weight is 209 g/mol. The molecule has 1 aromatic carbocycles. The number of aliphatic hydroxyl groups excluding tert-OH is 1. The number of hydrogen-bond donors (Lipinski definition) is 2. The van der Waals surface area contributed by atoms with Crippen molar-refractivity contribution < 1.29 is 14.6 Å². The molecule has 0 saturated heterocycles. The lowest BCUT2D eigenvalue weighted by Gasteiger charge is -2.08. The van der Waals surface area contributed by atoms with Crippen molar-refractivity contribution in [2.75, 3.05) is 6.61 Å². The maximum atomic E-state index is 10.5. The van der Waals surface area contributed by atoms with Crippen LogP contribution in [-0.4, -0.2) is 17.6 Å². The summed E-state index contributed by atoms with van der Waals surface area (Å²) < 4.78 is 5.30. The van der Waals surface area contributed by atoms with Crippen molar-refractivity contribution >= 4 is 5.91 Å². The Morgan fingerprint density at radius 3 is 2.93 bits per heavy atom. The molecule has 1 atom stereocenters. The molecule has 1 aromatic rings. The molecule has 0 radical (unpaired) electrons. The van der Waals surface area contributed by atoms with E-state index in [0.717, 1.165) is 5.56 Å². The molecule has 0 aliphatic carbocycles. The van der Waals surface area contributed by atoms with Gasteiger partial charge in [-0.05, 0) is 24.6 Å². The van der Waals surface area contributed by atoms with E-state index in [9.17, 15) is 9.90 Å². The largest absolute Gasteiger partial charge is 0.493 e. The summed E-state index contributed by atoms with van der Waals surface area (Å²) in [6, 6.07) is 7.12. The van der Waals surface area contributed by atoms with E-state index in [4.69, 9.17) is 10.5 Å². The van der Waals surface area contributed by atoms with Crippen LogP contribution < -0.4 is 10.5 Å². The Labute approximate surface area is 88.7 Å². The second kappa shape index (κ2) is 5.36. The first kappa shape index (κ1) is 11.5. The number of rotatable bonds is 5. The lowest BCUT2D eigenvalue weighted by molar-refractivity contribution is -0.118. The van der Waals surface area contributed by atoms with Crippen molar-refractivity contribution in [2.24, 2.45) is 5.73 Å². The van der Waals surface area contributed by atoms with E-state index in [-0.39, 0.29) is 18.9 Å². The minimum atomic E-state index is -0.523. The van der Waals surface area contributed by atoms with Crippen LogP contribution in [0.25, 0.3) is 0 Å².